The summed E-state index contributed by atoms with van der Waals surface area (Å²) >= 11 is 1.59. The van der Waals surface area contributed by atoms with Gasteiger partial charge in [0.05, 0.1) is 6.54 Å². The van der Waals surface area contributed by atoms with Crippen LogP contribution in [-0.4, -0.2) is 17.6 Å². The fourth-order valence-electron chi connectivity index (χ4n) is 3.50. The van der Waals surface area contributed by atoms with Crippen molar-refractivity contribution in [1.82, 2.24) is 5.32 Å². The third-order valence-corrected chi connectivity index (χ3v) is 6.46. The number of amides is 1. The van der Waals surface area contributed by atoms with E-state index in [-0.39, 0.29) is 12.5 Å². The highest BCUT2D eigenvalue weighted by Gasteiger charge is 2.26. The number of hydrogen-bond acceptors (Lipinski definition) is 3. The van der Waals surface area contributed by atoms with Gasteiger partial charge in [-0.2, -0.15) is 0 Å². The van der Waals surface area contributed by atoms with Crippen molar-refractivity contribution in [3.8, 4) is 0 Å². The Kier molecular flexibility index (Phi) is 5.57. The molecule has 130 valence electrons. The van der Waals surface area contributed by atoms with Crippen molar-refractivity contribution in [2.24, 2.45) is 5.92 Å². The van der Waals surface area contributed by atoms with Crippen LogP contribution in [0.2, 0.25) is 0 Å². The van der Waals surface area contributed by atoms with E-state index >= 15 is 0 Å². The molecule has 2 aromatic rings. The molecule has 0 radical (unpaired) electrons. The number of aliphatic hydroxyl groups is 1. The lowest BCUT2D eigenvalue weighted by Crippen LogP contribution is -2.38. The first-order valence-corrected chi connectivity index (χ1v) is 9.84. The minimum absolute atomic E-state index is 0.0574. The van der Waals surface area contributed by atoms with Crippen LogP contribution in [0.5, 0.6) is 0 Å². The molecule has 0 aliphatic heterocycles. The quantitative estimate of drug-likeness (QED) is 0.805. The molecular formula is C20H27NO2S. The molecule has 1 atom stereocenters. The van der Waals surface area contributed by atoms with Crippen LogP contribution in [0.1, 0.15) is 56.7 Å². The minimum Gasteiger partial charge on any atom is -0.383 e. The van der Waals surface area contributed by atoms with Gasteiger partial charge in [-0.15, -0.1) is 11.3 Å². The first-order chi connectivity index (χ1) is 11.5. The molecule has 24 heavy (non-hydrogen) atoms. The number of hydrogen-bond donors (Lipinski definition) is 2. The van der Waals surface area contributed by atoms with Crippen LogP contribution in [0.4, 0.5) is 0 Å². The molecule has 4 heteroatoms. The summed E-state index contributed by atoms with van der Waals surface area (Å²) in [5, 5.41) is 14.8. The molecule has 3 rings (SSSR count). The number of carbonyl (C=O) groups excluding carboxylic acids is 1. The fraction of sp³-hybridized carbons (Fsp3) is 0.550. The molecule has 3 nitrogen and oxygen atoms in total. The van der Waals surface area contributed by atoms with Crippen LogP contribution in [0.3, 0.4) is 0 Å². The average molecular weight is 346 g/mol. The molecule has 1 aliphatic rings. The predicted molar refractivity (Wildman–Crippen MR) is 100 cm³/mol. The number of nitrogens with one attached hydrogen (secondary N) is 1. The highest BCUT2D eigenvalue weighted by Crippen LogP contribution is 2.33. The van der Waals surface area contributed by atoms with Gasteiger partial charge in [-0.3, -0.25) is 4.79 Å². The van der Waals surface area contributed by atoms with E-state index in [1.807, 2.05) is 24.3 Å². The standard InChI is InChI=1S/C20H27NO2S/c1-20(23,18-13-16-9-5-6-10-17(16)24-18)14-21-19(22)12-11-15-7-3-2-4-8-15/h5-6,9-10,13,15,23H,2-4,7-8,11-12,14H2,1H3,(H,21,22). The Morgan fingerprint density at radius 2 is 2.04 bits per heavy atom. The second-order valence-corrected chi connectivity index (χ2v) is 8.33. The summed E-state index contributed by atoms with van der Waals surface area (Å²) in [5.41, 5.74) is -1.02. The zero-order valence-corrected chi connectivity index (χ0v) is 15.2. The van der Waals surface area contributed by atoms with Crippen molar-refractivity contribution in [3.63, 3.8) is 0 Å². The van der Waals surface area contributed by atoms with Crippen LogP contribution in [0.25, 0.3) is 10.1 Å². The summed E-state index contributed by atoms with van der Waals surface area (Å²) in [6, 6.07) is 10.1. The molecule has 0 spiro atoms. The molecule has 1 amide bonds. The summed E-state index contributed by atoms with van der Waals surface area (Å²) in [4.78, 5) is 13.0. The van der Waals surface area contributed by atoms with E-state index in [0.29, 0.717) is 12.3 Å². The zero-order chi connectivity index (χ0) is 17.0. The number of benzene rings is 1. The largest absolute Gasteiger partial charge is 0.383 e. The van der Waals surface area contributed by atoms with Gasteiger partial charge in [-0.05, 0) is 36.8 Å². The van der Waals surface area contributed by atoms with Crippen molar-refractivity contribution < 1.29 is 9.90 Å². The Labute approximate surface area is 148 Å². The zero-order valence-electron chi connectivity index (χ0n) is 14.4. The third-order valence-electron chi connectivity index (χ3n) is 5.09. The Balaban J connectivity index is 1.51. The predicted octanol–water partition coefficient (Wildman–Crippen LogP) is 4.59. The highest BCUT2D eigenvalue weighted by atomic mass is 32.1. The van der Waals surface area contributed by atoms with Crippen LogP contribution in [0, 0.1) is 5.92 Å². The fourth-order valence-corrected chi connectivity index (χ4v) is 4.61. The second kappa shape index (κ2) is 7.66. The normalized spacial score (nSPS) is 18.4. The Hall–Kier alpha value is -1.39. The highest BCUT2D eigenvalue weighted by molar-refractivity contribution is 7.19. The van der Waals surface area contributed by atoms with Crippen LogP contribution in [-0.2, 0) is 10.4 Å². The molecule has 0 saturated heterocycles. The Morgan fingerprint density at radius 1 is 1.29 bits per heavy atom. The molecule has 1 saturated carbocycles. The van der Waals surface area contributed by atoms with E-state index < -0.39 is 5.60 Å². The molecule has 1 aromatic carbocycles. The van der Waals surface area contributed by atoms with Gasteiger partial charge in [0.2, 0.25) is 5.91 Å². The maximum Gasteiger partial charge on any atom is 0.220 e. The van der Waals surface area contributed by atoms with Gasteiger partial charge >= 0.3 is 0 Å². The maximum absolute atomic E-state index is 12.1. The number of fused-ring (bicyclic) bond motifs is 1. The molecule has 1 heterocycles. The lowest BCUT2D eigenvalue weighted by atomic mass is 9.86. The Morgan fingerprint density at radius 3 is 2.79 bits per heavy atom. The summed E-state index contributed by atoms with van der Waals surface area (Å²) in [6.07, 6.45) is 8.07. The average Bonchev–Trinajstić information content (AvgIpc) is 3.04. The van der Waals surface area contributed by atoms with Gasteiger partial charge < -0.3 is 10.4 Å². The maximum atomic E-state index is 12.1. The van der Waals surface area contributed by atoms with Crippen LogP contribution in [0.15, 0.2) is 30.3 Å². The van der Waals surface area contributed by atoms with E-state index in [4.69, 9.17) is 0 Å². The van der Waals surface area contributed by atoms with E-state index in [2.05, 4.69) is 11.4 Å². The van der Waals surface area contributed by atoms with E-state index in [9.17, 15) is 9.90 Å². The van der Waals surface area contributed by atoms with E-state index in [0.717, 1.165) is 21.4 Å². The summed E-state index contributed by atoms with van der Waals surface area (Å²) < 4.78 is 1.16. The van der Waals surface area contributed by atoms with Gasteiger partial charge in [0.25, 0.3) is 0 Å². The summed E-state index contributed by atoms with van der Waals surface area (Å²) in [7, 11) is 0. The smallest absolute Gasteiger partial charge is 0.220 e. The van der Waals surface area contributed by atoms with Crippen molar-refractivity contribution in [2.75, 3.05) is 6.54 Å². The van der Waals surface area contributed by atoms with Gasteiger partial charge in [-0.25, -0.2) is 0 Å². The molecule has 2 N–H and O–H groups in total. The van der Waals surface area contributed by atoms with Crippen LogP contribution < -0.4 is 5.32 Å². The molecule has 0 bridgehead atoms. The van der Waals surface area contributed by atoms with Gasteiger partial charge in [0.15, 0.2) is 0 Å². The number of thiophene rings is 1. The number of rotatable bonds is 6. The molecule has 1 aromatic heterocycles. The van der Waals surface area contributed by atoms with Crippen molar-refractivity contribution in [2.45, 2.75) is 57.5 Å². The lowest BCUT2D eigenvalue weighted by molar-refractivity contribution is -0.122. The lowest BCUT2D eigenvalue weighted by Gasteiger charge is -2.23. The first kappa shape index (κ1) is 17.4. The first-order valence-electron chi connectivity index (χ1n) is 9.03. The SMILES string of the molecule is CC(O)(CNC(=O)CCC1CCCCC1)c1cc2ccccc2s1. The minimum atomic E-state index is -1.02. The number of carbonyl (C=O) groups is 1. The Bertz CT molecular complexity index is 653. The summed E-state index contributed by atoms with van der Waals surface area (Å²) in [5.74, 6) is 0.773. The molecular weight excluding hydrogens is 318 g/mol. The van der Waals surface area contributed by atoms with Crippen molar-refractivity contribution >= 4 is 27.3 Å². The van der Waals surface area contributed by atoms with Crippen molar-refractivity contribution in [3.05, 3.63) is 35.2 Å². The van der Waals surface area contributed by atoms with E-state index in [1.54, 1.807) is 18.3 Å². The van der Waals surface area contributed by atoms with Crippen molar-refractivity contribution in [1.29, 1.82) is 0 Å². The van der Waals surface area contributed by atoms with Gasteiger partial charge in [0.1, 0.15) is 5.60 Å². The molecule has 1 aliphatic carbocycles. The van der Waals surface area contributed by atoms with E-state index in [1.165, 1.54) is 32.1 Å². The molecule has 1 fully saturated rings. The second-order valence-electron chi connectivity index (χ2n) is 7.24. The summed E-state index contributed by atoms with van der Waals surface area (Å²) in [6.45, 7) is 2.04. The topological polar surface area (TPSA) is 49.3 Å². The monoisotopic (exact) mass is 345 g/mol. The van der Waals surface area contributed by atoms with Gasteiger partial charge in [0, 0.05) is 16.0 Å². The third kappa shape index (κ3) is 4.37. The van der Waals surface area contributed by atoms with Gasteiger partial charge in [-0.1, -0.05) is 50.3 Å². The molecule has 1 unspecified atom stereocenters. The van der Waals surface area contributed by atoms with Crippen LogP contribution >= 0.6 is 11.3 Å².